The Hall–Kier alpha value is -2.82. The molecule has 4 rings (SSSR count). The minimum Gasteiger partial charge on any atom is -0.487 e. The summed E-state index contributed by atoms with van der Waals surface area (Å²) < 4.78 is 17.0. The van der Waals surface area contributed by atoms with Crippen molar-refractivity contribution >= 4 is 27.9 Å². The maximum absolute atomic E-state index is 13.0. The number of methoxy groups -OCH3 is 1. The molecule has 0 bridgehead atoms. The van der Waals surface area contributed by atoms with Crippen molar-refractivity contribution in [3.8, 4) is 5.75 Å². The van der Waals surface area contributed by atoms with Crippen LogP contribution in [0.5, 0.6) is 5.75 Å². The van der Waals surface area contributed by atoms with E-state index in [0.29, 0.717) is 27.5 Å². The zero-order valence-corrected chi connectivity index (χ0v) is 15.0. The molecule has 3 aromatic rings. The average molecular weight is 352 g/mol. The summed E-state index contributed by atoms with van der Waals surface area (Å²) in [5, 5.41) is 1.01. The van der Waals surface area contributed by atoms with Crippen LogP contribution in [0.25, 0.3) is 21.9 Å². The van der Waals surface area contributed by atoms with Crippen molar-refractivity contribution in [2.24, 2.45) is 0 Å². The number of hydrogen-bond acceptors (Lipinski definition) is 5. The van der Waals surface area contributed by atoms with E-state index in [1.165, 1.54) is 7.11 Å². The van der Waals surface area contributed by atoms with Crippen LogP contribution >= 0.6 is 0 Å². The zero-order valence-electron chi connectivity index (χ0n) is 15.0. The van der Waals surface area contributed by atoms with Gasteiger partial charge in [-0.3, -0.25) is 9.59 Å². The number of aryl methyl sites for hydroxylation is 1. The molecule has 0 saturated carbocycles. The lowest BCUT2D eigenvalue weighted by Crippen LogP contribution is -2.32. The molecular weight excluding hydrogens is 332 g/mol. The van der Waals surface area contributed by atoms with E-state index in [4.69, 9.17) is 13.9 Å². The molecule has 0 spiro atoms. The van der Waals surface area contributed by atoms with Gasteiger partial charge in [-0.15, -0.1) is 0 Å². The van der Waals surface area contributed by atoms with Gasteiger partial charge >= 0.3 is 5.97 Å². The first kappa shape index (κ1) is 16.6. The van der Waals surface area contributed by atoms with Crippen molar-refractivity contribution in [2.45, 2.75) is 38.7 Å². The monoisotopic (exact) mass is 352 g/mol. The van der Waals surface area contributed by atoms with Crippen LogP contribution in [0.3, 0.4) is 0 Å². The molecule has 0 fully saturated rings. The predicted octanol–water partition coefficient (Wildman–Crippen LogP) is 3.77. The number of ether oxygens (including phenoxy) is 2. The molecule has 2 heterocycles. The van der Waals surface area contributed by atoms with Crippen molar-refractivity contribution in [1.29, 1.82) is 0 Å². The third-order valence-electron chi connectivity index (χ3n) is 4.93. The Bertz CT molecular complexity index is 1090. The molecular formula is C21H20O5. The molecule has 0 saturated heterocycles. The minimum absolute atomic E-state index is 0.0564. The van der Waals surface area contributed by atoms with Crippen LogP contribution in [0.2, 0.25) is 0 Å². The number of hydrogen-bond donors (Lipinski definition) is 0. The molecule has 0 N–H and O–H groups in total. The normalized spacial score (nSPS) is 15.5. The molecule has 0 radical (unpaired) electrons. The molecule has 1 aliphatic heterocycles. The van der Waals surface area contributed by atoms with Crippen molar-refractivity contribution in [3.63, 3.8) is 0 Å². The zero-order chi connectivity index (χ0) is 18.5. The quantitative estimate of drug-likeness (QED) is 0.519. The number of rotatable bonds is 2. The van der Waals surface area contributed by atoms with Crippen LogP contribution in [0, 0.1) is 0 Å². The topological polar surface area (TPSA) is 65.7 Å². The Morgan fingerprint density at radius 2 is 1.92 bits per heavy atom. The summed E-state index contributed by atoms with van der Waals surface area (Å²) in [4.78, 5) is 24.7. The van der Waals surface area contributed by atoms with E-state index in [1.54, 1.807) is 24.3 Å². The van der Waals surface area contributed by atoms with Crippen LogP contribution in [-0.4, -0.2) is 18.7 Å². The highest BCUT2D eigenvalue weighted by atomic mass is 16.5. The summed E-state index contributed by atoms with van der Waals surface area (Å²) in [6.07, 6.45) is 1.67. The van der Waals surface area contributed by atoms with Crippen molar-refractivity contribution in [2.75, 3.05) is 7.11 Å². The second-order valence-corrected chi connectivity index (χ2v) is 7.26. The Balaban J connectivity index is 2.00. The maximum atomic E-state index is 13.0. The van der Waals surface area contributed by atoms with E-state index in [0.717, 1.165) is 24.2 Å². The second kappa shape index (κ2) is 5.87. The molecule has 5 heteroatoms. The van der Waals surface area contributed by atoms with Gasteiger partial charge < -0.3 is 13.9 Å². The molecule has 134 valence electrons. The van der Waals surface area contributed by atoms with Crippen LogP contribution in [0.15, 0.2) is 39.5 Å². The van der Waals surface area contributed by atoms with Crippen molar-refractivity contribution < 1.29 is 18.7 Å². The lowest BCUT2D eigenvalue weighted by molar-refractivity contribution is -0.139. The highest BCUT2D eigenvalue weighted by Crippen LogP contribution is 2.38. The Kier molecular flexibility index (Phi) is 3.75. The SMILES string of the molecule is COC(=O)Cc1cccc2c(=O)c3ccc4c(c3oc12)CCC(C)(C)O4. The number of benzene rings is 2. The molecule has 1 aromatic heterocycles. The van der Waals surface area contributed by atoms with Crippen LogP contribution in [0.1, 0.15) is 31.4 Å². The Labute approximate surface area is 150 Å². The van der Waals surface area contributed by atoms with Gasteiger partial charge in [-0.1, -0.05) is 12.1 Å². The summed E-state index contributed by atoms with van der Waals surface area (Å²) in [5.74, 6) is 0.377. The van der Waals surface area contributed by atoms with Gasteiger partial charge in [-0.05, 0) is 44.9 Å². The number of para-hydroxylation sites is 1. The largest absolute Gasteiger partial charge is 0.487 e. The van der Waals surface area contributed by atoms with Gasteiger partial charge in [0.1, 0.15) is 22.5 Å². The summed E-state index contributed by atoms with van der Waals surface area (Å²) in [7, 11) is 1.34. The summed E-state index contributed by atoms with van der Waals surface area (Å²) >= 11 is 0. The van der Waals surface area contributed by atoms with Crippen molar-refractivity contribution in [1.82, 2.24) is 0 Å². The van der Waals surface area contributed by atoms with E-state index in [1.807, 2.05) is 19.9 Å². The van der Waals surface area contributed by atoms with Crippen LogP contribution in [-0.2, 0) is 22.4 Å². The highest BCUT2D eigenvalue weighted by molar-refractivity contribution is 5.94. The second-order valence-electron chi connectivity index (χ2n) is 7.26. The maximum Gasteiger partial charge on any atom is 0.310 e. The first-order valence-electron chi connectivity index (χ1n) is 8.66. The lowest BCUT2D eigenvalue weighted by atomic mass is 9.93. The lowest BCUT2D eigenvalue weighted by Gasteiger charge is -2.32. The summed E-state index contributed by atoms with van der Waals surface area (Å²) in [5.41, 5.74) is 2.20. The molecule has 0 atom stereocenters. The van der Waals surface area contributed by atoms with Gasteiger partial charge in [0.25, 0.3) is 0 Å². The van der Waals surface area contributed by atoms with E-state index in [2.05, 4.69) is 0 Å². The standard InChI is InChI=1S/C21H20O5/c1-21(2)10-9-13-16(26-21)8-7-15-18(23)14-6-4-5-12(11-17(22)24-3)19(14)25-20(13)15/h4-8H,9-11H2,1-3H3. The van der Waals surface area contributed by atoms with Gasteiger partial charge in [0.2, 0.25) is 5.43 Å². The van der Waals surface area contributed by atoms with Crippen LogP contribution in [0.4, 0.5) is 0 Å². The van der Waals surface area contributed by atoms with E-state index < -0.39 is 0 Å². The molecule has 0 unspecified atom stereocenters. The molecule has 0 aliphatic carbocycles. The number of carbonyl (C=O) groups is 1. The van der Waals surface area contributed by atoms with Gasteiger partial charge in [0, 0.05) is 11.1 Å². The van der Waals surface area contributed by atoms with E-state index in [-0.39, 0.29) is 23.4 Å². The molecule has 2 aromatic carbocycles. The van der Waals surface area contributed by atoms with Gasteiger partial charge in [0.15, 0.2) is 0 Å². The fourth-order valence-corrected chi connectivity index (χ4v) is 3.51. The van der Waals surface area contributed by atoms with Gasteiger partial charge in [-0.25, -0.2) is 0 Å². The molecule has 26 heavy (non-hydrogen) atoms. The fraction of sp³-hybridized carbons (Fsp3) is 0.333. The Morgan fingerprint density at radius 3 is 2.69 bits per heavy atom. The van der Waals surface area contributed by atoms with E-state index in [9.17, 15) is 9.59 Å². The summed E-state index contributed by atoms with van der Waals surface area (Å²) in [6, 6.07) is 8.87. The molecule has 0 amide bonds. The third-order valence-corrected chi connectivity index (χ3v) is 4.93. The Morgan fingerprint density at radius 1 is 1.15 bits per heavy atom. The highest BCUT2D eigenvalue weighted by Gasteiger charge is 2.29. The number of fused-ring (bicyclic) bond motifs is 4. The molecule has 5 nitrogen and oxygen atoms in total. The van der Waals surface area contributed by atoms with Gasteiger partial charge in [-0.2, -0.15) is 0 Å². The average Bonchev–Trinajstić information content (AvgIpc) is 2.61. The molecule has 1 aliphatic rings. The van der Waals surface area contributed by atoms with Crippen LogP contribution < -0.4 is 10.2 Å². The predicted molar refractivity (Wildman–Crippen MR) is 98.7 cm³/mol. The fourth-order valence-electron chi connectivity index (χ4n) is 3.51. The number of esters is 1. The smallest absolute Gasteiger partial charge is 0.310 e. The first-order valence-corrected chi connectivity index (χ1v) is 8.66. The third kappa shape index (κ3) is 2.64. The van der Waals surface area contributed by atoms with Gasteiger partial charge in [0.05, 0.1) is 24.3 Å². The first-order chi connectivity index (χ1) is 12.4. The summed E-state index contributed by atoms with van der Waals surface area (Å²) in [6.45, 7) is 4.09. The number of carbonyl (C=O) groups excluding carboxylic acids is 1. The van der Waals surface area contributed by atoms with E-state index >= 15 is 0 Å². The minimum atomic E-state index is -0.375. The van der Waals surface area contributed by atoms with Crippen molar-refractivity contribution in [3.05, 3.63) is 51.7 Å².